The van der Waals surface area contributed by atoms with Gasteiger partial charge in [-0.1, -0.05) is 52.0 Å². The average Bonchev–Trinajstić information content (AvgIpc) is 3.84. The van der Waals surface area contributed by atoms with E-state index >= 15 is 0 Å². The Labute approximate surface area is 298 Å². The van der Waals surface area contributed by atoms with E-state index < -0.39 is 28.6 Å². The van der Waals surface area contributed by atoms with Gasteiger partial charge in [0.2, 0.25) is 0 Å². The van der Waals surface area contributed by atoms with E-state index in [1.54, 1.807) is 0 Å². The average molecular weight is 693 g/mol. The quantitative estimate of drug-likeness (QED) is 0.158. The molecule has 6 fully saturated rings. The second-order valence-corrected chi connectivity index (χ2v) is 19.7. The lowest BCUT2D eigenvalue weighted by molar-refractivity contribution is -0.216. The van der Waals surface area contributed by atoms with Crippen molar-refractivity contribution in [2.75, 3.05) is 0 Å². The first-order chi connectivity index (χ1) is 23.1. The zero-order valence-electron chi connectivity index (χ0n) is 32.0. The Kier molecular flexibility index (Phi) is 8.17. The molecule has 0 N–H and O–H groups in total. The van der Waals surface area contributed by atoms with Crippen LogP contribution in [0.1, 0.15) is 121 Å². The zero-order chi connectivity index (χ0) is 36.4. The van der Waals surface area contributed by atoms with Crippen LogP contribution in [0.25, 0.3) is 0 Å². The molecule has 2 aliphatic heterocycles. The highest BCUT2D eigenvalue weighted by Crippen LogP contribution is 2.62. The van der Waals surface area contributed by atoms with E-state index in [4.69, 9.17) is 18.9 Å². The maximum atomic E-state index is 13.1. The third kappa shape index (κ3) is 5.17. The van der Waals surface area contributed by atoms with Gasteiger partial charge in [0.1, 0.15) is 22.9 Å². The van der Waals surface area contributed by atoms with Crippen molar-refractivity contribution < 1.29 is 38.1 Å². The largest absolute Gasteiger partial charge is 0.462 e. The second kappa shape index (κ2) is 11.4. The first kappa shape index (κ1) is 35.7. The van der Waals surface area contributed by atoms with Gasteiger partial charge in [-0.2, -0.15) is 0 Å². The molecule has 8 bridgehead atoms. The summed E-state index contributed by atoms with van der Waals surface area (Å²) in [5.74, 6) is 0.569. The van der Waals surface area contributed by atoms with Crippen molar-refractivity contribution in [3.05, 3.63) is 24.3 Å². The molecule has 50 heavy (non-hydrogen) atoms. The maximum absolute atomic E-state index is 13.1. The van der Waals surface area contributed by atoms with Crippen molar-refractivity contribution in [3.8, 4) is 0 Å². The first-order valence-corrected chi connectivity index (χ1v) is 19.4. The van der Waals surface area contributed by atoms with Crippen LogP contribution < -0.4 is 0 Å². The monoisotopic (exact) mass is 692 g/mol. The second-order valence-electron chi connectivity index (χ2n) is 19.7. The minimum Gasteiger partial charge on any atom is -0.462 e. The summed E-state index contributed by atoms with van der Waals surface area (Å²) in [4.78, 5) is 51.2. The zero-order valence-corrected chi connectivity index (χ0v) is 32.0. The molecule has 276 valence electrons. The van der Waals surface area contributed by atoms with Gasteiger partial charge >= 0.3 is 23.9 Å². The lowest BCUT2D eigenvalue weighted by Gasteiger charge is -2.51. The van der Waals surface area contributed by atoms with Crippen LogP contribution in [0, 0.1) is 69.5 Å². The van der Waals surface area contributed by atoms with E-state index in [1.807, 2.05) is 41.5 Å². The summed E-state index contributed by atoms with van der Waals surface area (Å²) in [6.07, 6.45) is 15.9. The molecule has 0 aromatic carbocycles. The lowest BCUT2D eigenvalue weighted by atomic mass is 9.63. The van der Waals surface area contributed by atoms with Crippen LogP contribution in [0.4, 0.5) is 0 Å². The van der Waals surface area contributed by atoms with Crippen molar-refractivity contribution in [2.45, 2.75) is 144 Å². The summed E-state index contributed by atoms with van der Waals surface area (Å²) in [6, 6.07) is 0. The van der Waals surface area contributed by atoms with Crippen LogP contribution in [-0.4, -0.2) is 46.8 Å². The van der Waals surface area contributed by atoms with E-state index in [-0.39, 0.29) is 69.9 Å². The summed E-state index contributed by atoms with van der Waals surface area (Å²) < 4.78 is 23.6. The van der Waals surface area contributed by atoms with Crippen molar-refractivity contribution >= 4 is 23.9 Å². The molecule has 13 unspecified atom stereocenters. The maximum Gasteiger partial charge on any atom is 0.313 e. The molecule has 8 aliphatic rings. The number of hydrogen-bond donors (Lipinski definition) is 0. The first-order valence-electron chi connectivity index (χ1n) is 19.4. The highest BCUT2D eigenvalue weighted by Gasteiger charge is 2.66. The molecule has 13 atom stereocenters. The minimum absolute atomic E-state index is 0.0242. The summed E-state index contributed by atoms with van der Waals surface area (Å²) in [5.41, 5.74) is -2.32. The molecule has 0 amide bonds. The molecule has 8 rings (SSSR count). The minimum atomic E-state index is -0.865. The molecule has 6 aliphatic carbocycles. The predicted molar refractivity (Wildman–Crippen MR) is 187 cm³/mol. The molecule has 8 nitrogen and oxygen atoms in total. The predicted octanol–water partition coefficient (Wildman–Crippen LogP) is 7.78. The third-order valence-corrected chi connectivity index (χ3v) is 16.1. The van der Waals surface area contributed by atoms with E-state index in [1.165, 1.54) is 0 Å². The molecule has 0 aromatic rings. The Hall–Kier alpha value is -2.64. The van der Waals surface area contributed by atoms with Crippen molar-refractivity contribution in [3.63, 3.8) is 0 Å². The SMILES string of the molecule is CC(C)(OC(=O)C1(C)CC2C=CC1C2)C1C(=O)OC2(C)CCC1C2(C)C.CC(OC(=O)C1CC2C=CC1C2)C1C(=O)OC2(C)CCC1C2(C)C. The van der Waals surface area contributed by atoms with Gasteiger partial charge in [0.25, 0.3) is 0 Å². The van der Waals surface area contributed by atoms with E-state index in [9.17, 15) is 19.2 Å². The van der Waals surface area contributed by atoms with Gasteiger partial charge < -0.3 is 18.9 Å². The Morgan fingerprint density at radius 2 is 1.40 bits per heavy atom. The molecule has 2 heterocycles. The summed E-state index contributed by atoms with van der Waals surface area (Å²) >= 11 is 0. The highest BCUT2D eigenvalue weighted by molar-refractivity contribution is 5.81. The van der Waals surface area contributed by atoms with Gasteiger partial charge in [-0.05, 0) is 128 Å². The van der Waals surface area contributed by atoms with Gasteiger partial charge in [-0.25, -0.2) is 0 Å². The number of hydrogen-bond acceptors (Lipinski definition) is 8. The molecule has 0 aromatic heterocycles. The van der Waals surface area contributed by atoms with Crippen molar-refractivity contribution in [1.29, 1.82) is 0 Å². The number of rotatable bonds is 6. The molecule has 8 heteroatoms. The summed E-state index contributed by atoms with van der Waals surface area (Å²) in [7, 11) is 0. The van der Waals surface area contributed by atoms with Gasteiger partial charge in [-0.3, -0.25) is 19.2 Å². The van der Waals surface area contributed by atoms with E-state index in [0.29, 0.717) is 17.8 Å². The smallest absolute Gasteiger partial charge is 0.313 e. The van der Waals surface area contributed by atoms with E-state index in [2.05, 4.69) is 52.0 Å². The number of carbonyl (C=O) groups is 4. The molecule has 4 saturated carbocycles. The Morgan fingerprint density at radius 1 is 0.800 bits per heavy atom. The fraction of sp³-hybridized carbons (Fsp3) is 0.810. The topological polar surface area (TPSA) is 105 Å². The molecule has 2 saturated heterocycles. The third-order valence-electron chi connectivity index (χ3n) is 16.1. The van der Waals surface area contributed by atoms with Crippen molar-refractivity contribution in [2.24, 2.45) is 69.5 Å². The van der Waals surface area contributed by atoms with Gasteiger partial charge in [0, 0.05) is 10.8 Å². The van der Waals surface area contributed by atoms with Crippen molar-refractivity contribution in [1.82, 2.24) is 0 Å². The number of ether oxygens (including phenoxy) is 4. The van der Waals surface area contributed by atoms with Gasteiger partial charge in [-0.15, -0.1) is 0 Å². The van der Waals surface area contributed by atoms with Crippen LogP contribution >= 0.6 is 0 Å². The van der Waals surface area contributed by atoms with E-state index in [0.717, 1.165) is 51.4 Å². The van der Waals surface area contributed by atoms with Crippen LogP contribution in [0.5, 0.6) is 0 Å². The number of esters is 4. The number of fused-ring (bicyclic) bond motifs is 8. The fourth-order valence-electron chi connectivity index (χ4n) is 11.9. The number of allylic oxidation sites excluding steroid dienone is 4. The van der Waals surface area contributed by atoms with Crippen LogP contribution in [0.15, 0.2) is 24.3 Å². The number of carbonyl (C=O) groups excluding carboxylic acids is 4. The van der Waals surface area contributed by atoms with Gasteiger partial charge in [0.15, 0.2) is 0 Å². The summed E-state index contributed by atoms with van der Waals surface area (Å²) in [6.45, 7) is 20.5. The molecular formula is C42H60O8. The Balaban J connectivity index is 0.000000157. The standard InChI is InChI=1S/C22H32O4.C20H28O4/c1-19(2)15-9-10-22(19,6)25-17(23)16(15)20(3,4)26-18(24)21(5)12-13-7-8-14(21)11-13;1-11(23-17(21)14-10-12-5-6-13(14)9-12)16-15-7-8-20(4,19(15,2)3)24-18(16)22/h7-8,13-16H,9-12H2,1-6H3;5-6,11-16H,7-10H2,1-4H3. The Bertz CT molecular complexity index is 1520. The van der Waals surface area contributed by atoms with Crippen LogP contribution in [-0.2, 0) is 38.1 Å². The molecule has 0 radical (unpaired) electrons. The normalized spacial score (nSPS) is 45.8. The molecule has 0 spiro atoms. The van der Waals surface area contributed by atoms with Gasteiger partial charge in [0.05, 0.1) is 23.2 Å². The fourth-order valence-corrected chi connectivity index (χ4v) is 11.9. The summed E-state index contributed by atoms with van der Waals surface area (Å²) in [5, 5.41) is 0. The molecular weight excluding hydrogens is 632 g/mol. The highest BCUT2D eigenvalue weighted by atomic mass is 16.6. The Morgan fingerprint density at radius 3 is 1.96 bits per heavy atom. The van der Waals surface area contributed by atoms with Crippen LogP contribution in [0.2, 0.25) is 0 Å². The van der Waals surface area contributed by atoms with Crippen LogP contribution in [0.3, 0.4) is 0 Å². The lowest BCUT2D eigenvalue weighted by Crippen LogP contribution is -2.59.